The van der Waals surface area contributed by atoms with Crippen molar-refractivity contribution in [3.63, 3.8) is 0 Å². The first-order chi connectivity index (χ1) is 26.5. The average molecular weight is 687 g/mol. The zero-order valence-corrected chi connectivity index (χ0v) is 30.1. The lowest BCUT2D eigenvalue weighted by atomic mass is 9.81. The molecule has 0 bridgehead atoms. The Hall–Kier alpha value is -6.70. The molecule has 1 aliphatic heterocycles. The van der Waals surface area contributed by atoms with E-state index in [1.54, 1.807) is 0 Å². The SMILES string of the molecule is CC1(C)c2ccccc2-c2ccc(-c3cc4c5ccccc5c(-c5cccc6c5Oc5cc7ccccc7c7cccc-6c57)cc4c4ccccc34)cc21. The van der Waals surface area contributed by atoms with E-state index in [2.05, 4.69) is 184 Å². The van der Waals surface area contributed by atoms with Crippen molar-refractivity contribution in [1.82, 2.24) is 0 Å². The molecule has 0 aromatic heterocycles. The summed E-state index contributed by atoms with van der Waals surface area (Å²) in [6, 6.07) is 62.9. The Bertz CT molecular complexity index is 3270. The van der Waals surface area contributed by atoms with Gasteiger partial charge in [0.2, 0.25) is 0 Å². The Morgan fingerprint density at radius 3 is 1.70 bits per heavy atom. The van der Waals surface area contributed by atoms with Crippen LogP contribution in [0.2, 0.25) is 0 Å². The van der Waals surface area contributed by atoms with Crippen molar-refractivity contribution >= 4 is 53.9 Å². The molecule has 0 saturated heterocycles. The van der Waals surface area contributed by atoms with Crippen molar-refractivity contribution in [2.24, 2.45) is 0 Å². The number of hydrogen-bond donors (Lipinski definition) is 0. The van der Waals surface area contributed by atoms with Crippen LogP contribution in [0, 0.1) is 0 Å². The van der Waals surface area contributed by atoms with Gasteiger partial charge in [0.25, 0.3) is 0 Å². The molecular formula is C53H34O. The van der Waals surface area contributed by atoms with E-state index in [1.165, 1.54) is 98.4 Å². The van der Waals surface area contributed by atoms with Gasteiger partial charge in [0.05, 0.1) is 0 Å². The molecular weight excluding hydrogens is 653 g/mol. The number of hydrogen-bond acceptors (Lipinski definition) is 1. The fourth-order valence-electron chi connectivity index (χ4n) is 9.89. The van der Waals surface area contributed by atoms with Gasteiger partial charge in [0.1, 0.15) is 11.5 Å². The predicted octanol–water partition coefficient (Wildman–Crippen LogP) is 14.9. The summed E-state index contributed by atoms with van der Waals surface area (Å²) in [6.45, 7) is 4.73. The molecule has 54 heavy (non-hydrogen) atoms. The van der Waals surface area contributed by atoms with Crippen LogP contribution in [0.4, 0.5) is 0 Å². The maximum Gasteiger partial charge on any atom is 0.143 e. The Kier molecular flexibility index (Phi) is 5.90. The van der Waals surface area contributed by atoms with Crippen molar-refractivity contribution in [2.45, 2.75) is 19.3 Å². The molecule has 0 radical (unpaired) electrons. The maximum absolute atomic E-state index is 7.05. The van der Waals surface area contributed by atoms with Crippen molar-refractivity contribution in [1.29, 1.82) is 0 Å². The first-order valence-electron chi connectivity index (χ1n) is 18.9. The van der Waals surface area contributed by atoms with Crippen LogP contribution in [-0.2, 0) is 5.41 Å². The number of fused-ring (bicyclic) bond motifs is 12. The largest absolute Gasteiger partial charge is 0.455 e. The Labute approximate surface area is 313 Å². The Morgan fingerprint density at radius 1 is 0.352 bits per heavy atom. The van der Waals surface area contributed by atoms with Crippen LogP contribution < -0.4 is 4.74 Å². The number of para-hydroxylation sites is 1. The van der Waals surface area contributed by atoms with E-state index < -0.39 is 0 Å². The van der Waals surface area contributed by atoms with Crippen LogP contribution in [0.15, 0.2) is 170 Å². The third-order valence-electron chi connectivity index (χ3n) is 12.4. The highest BCUT2D eigenvalue weighted by molar-refractivity contribution is 6.24. The smallest absolute Gasteiger partial charge is 0.143 e. The van der Waals surface area contributed by atoms with Crippen molar-refractivity contribution in [3.8, 4) is 56.0 Å². The molecule has 0 unspecified atom stereocenters. The second-order valence-electron chi connectivity index (χ2n) is 15.6. The molecule has 252 valence electrons. The molecule has 0 saturated carbocycles. The molecule has 1 aliphatic carbocycles. The Morgan fingerprint density at radius 2 is 0.907 bits per heavy atom. The number of benzene rings is 10. The quantitative estimate of drug-likeness (QED) is 0.165. The summed E-state index contributed by atoms with van der Waals surface area (Å²) in [5, 5.41) is 12.3. The lowest BCUT2D eigenvalue weighted by molar-refractivity contribution is 0.489. The van der Waals surface area contributed by atoms with Gasteiger partial charge in [-0.25, -0.2) is 0 Å². The molecule has 0 N–H and O–H groups in total. The summed E-state index contributed by atoms with van der Waals surface area (Å²) in [5.41, 5.74) is 12.6. The second kappa shape index (κ2) is 10.7. The zero-order valence-electron chi connectivity index (χ0n) is 30.1. The fraction of sp³-hybridized carbons (Fsp3) is 0.0566. The summed E-state index contributed by atoms with van der Waals surface area (Å²) in [7, 11) is 0. The van der Waals surface area contributed by atoms with Gasteiger partial charge in [0.15, 0.2) is 0 Å². The van der Waals surface area contributed by atoms with Crippen molar-refractivity contribution < 1.29 is 4.74 Å². The molecule has 1 heteroatoms. The lowest BCUT2D eigenvalue weighted by Gasteiger charge is -2.25. The van der Waals surface area contributed by atoms with Crippen LogP contribution in [-0.4, -0.2) is 0 Å². The van der Waals surface area contributed by atoms with E-state index in [0.717, 1.165) is 22.6 Å². The lowest BCUT2D eigenvalue weighted by Crippen LogP contribution is -2.14. The molecule has 1 heterocycles. The van der Waals surface area contributed by atoms with Crippen LogP contribution in [0.25, 0.3) is 98.4 Å². The van der Waals surface area contributed by atoms with Crippen molar-refractivity contribution in [2.75, 3.05) is 0 Å². The molecule has 10 aromatic rings. The van der Waals surface area contributed by atoms with Gasteiger partial charge in [0, 0.05) is 21.9 Å². The van der Waals surface area contributed by atoms with Crippen LogP contribution in [0.5, 0.6) is 11.5 Å². The van der Waals surface area contributed by atoms with Gasteiger partial charge in [-0.1, -0.05) is 159 Å². The summed E-state index contributed by atoms with van der Waals surface area (Å²) < 4.78 is 7.05. The van der Waals surface area contributed by atoms with E-state index in [-0.39, 0.29) is 5.41 Å². The van der Waals surface area contributed by atoms with E-state index >= 15 is 0 Å². The van der Waals surface area contributed by atoms with E-state index in [4.69, 9.17) is 4.74 Å². The van der Waals surface area contributed by atoms with E-state index in [0.29, 0.717) is 0 Å². The minimum atomic E-state index is -0.0633. The molecule has 1 nitrogen and oxygen atoms in total. The standard InChI is InChI=1S/C53H34O/c1-53(2)48-24-10-9-19-38(48)39-26-25-32(27-49(39)53)44-29-46-37-18-8-7-17-36(37)45(30-47(46)35-16-6-5-15-34(35)44)43-23-12-22-42-41-21-11-20-40-33-14-4-3-13-31(33)28-50(51(40)41)54-52(42)43/h3-30H,1-2H3. The average Bonchev–Trinajstić information content (AvgIpc) is 3.45. The predicted molar refractivity (Wildman–Crippen MR) is 228 cm³/mol. The number of ether oxygens (including phenoxy) is 1. The molecule has 0 atom stereocenters. The highest BCUT2D eigenvalue weighted by Gasteiger charge is 2.35. The van der Waals surface area contributed by atoms with Crippen LogP contribution in [0.3, 0.4) is 0 Å². The fourth-order valence-corrected chi connectivity index (χ4v) is 9.89. The van der Waals surface area contributed by atoms with Gasteiger partial charge < -0.3 is 4.74 Å². The van der Waals surface area contributed by atoms with E-state index in [1.807, 2.05) is 0 Å². The van der Waals surface area contributed by atoms with Gasteiger partial charge in [-0.3, -0.25) is 0 Å². The third-order valence-corrected chi connectivity index (χ3v) is 12.4. The van der Waals surface area contributed by atoms with Gasteiger partial charge in [-0.05, 0) is 117 Å². The Balaban J connectivity index is 1.10. The van der Waals surface area contributed by atoms with E-state index in [9.17, 15) is 0 Å². The zero-order chi connectivity index (χ0) is 35.7. The third kappa shape index (κ3) is 3.94. The highest BCUT2D eigenvalue weighted by atomic mass is 16.5. The highest BCUT2D eigenvalue weighted by Crippen LogP contribution is 2.54. The number of rotatable bonds is 2. The monoisotopic (exact) mass is 686 g/mol. The summed E-state index contributed by atoms with van der Waals surface area (Å²) >= 11 is 0. The van der Waals surface area contributed by atoms with Gasteiger partial charge >= 0.3 is 0 Å². The molecule has 12 rings (SSSR count). The van der Waals surface area contributed by atoms with Crippen LogP contribution in [0.1, 0.15) is 25.0 Å². The summed E-state index contributed by atoms with van der Waals surface area (Å²) in [4.78, 5) is 0. The second-order valence-corrected chi connectivity index (χ2v) is 15.6. The van der Waals surface area contributed by atoms with Crippen molar-refractivity contribution in [3.05, 3.63) is 181 Å². The normalized spacial score (nSPS) is 13.7. The molecule has 0 fully saturated rings. The van der Waals surface area contributed by atoms with Crippen LogP contribution >= 0.6 is 0 Å². The topological polar surface area (TPSA) is 9.23 Å². The first kappa shape index (κ1) is 29.8. The summed E-state index contributed by atoms with van der Waals surface area (Å²) in [5.74, 6) is 1.83. The summed E-state index contributed by atoms with van der Waals surface area (Å²) in [6.07, 6.45) is 0. The molecule has 10 aromatic carbocycles. The van der Waals surface area contributed by atoms with Gasteiger partial charge in [-0.2, -0.15) is 0 Å². The van der Waals surface area contributed by atoms with Gasteiger partial charge in [-0.15, -0.1) is 0 Å². The minimum absolute atomic E-state index is 0.0633. The molecule has 0 spiro atoms. The maximum atomic E-state index is 7.05. The molecule has 0 amide bonds. The first-order valence-corrected chi connectivity index (χ1v) is 18.9. The minimum Gasteiger partial charge on any atom is -0.455 e. The molecule has 2 aliphatic rings.